The number of carbonyl (C=O) groups excluding carboxylic acids is 1. The van der Waals surface area contributed by atoms with Crippen molar-refractivity contribution in [1.82, 2.24) is 19.6 Å². The fourth-order valence-electron chi connectivity index (χ4n) is 3.90. The molecule has 9 nitrogen and oxygen atoms in total. The Morgan fingerprint density at radius 3 is 2.26 bits per heavy atom. The number of anilines is 2. The van der Waals surface area contributed by atoms with Gasteiger partial charge in [-0.05, 0) is 31.9 Å². The van der Waals surface area contributed by atoms with E-state index in [1.807, 2.05) is 13.0 Å². The highest BCUT2D eigenvalue weighted by Gasteiger charge is 2.30. The lowest BCUT2D eigenvalue weighted by atomic mass is 10.3. The molecule has 4 heterocycles. The number of aromatic nitrogens is 2. The van der Waals surface area contributed by atoms with Gasteiger partial charge in [0, 0.05) is 57.1 Å². The zero-order valence-electron chi connectivity index (χ0n) is 17.9. The molecular weight excluding hydrogens is 436 g/mol. The van der Waals surface area contributed by atoms with Crippen LogP contribution in [0.3, 0.4) is 0 Å². The van der Waals surface area contributed by atoms with Crippen molar-refractivity contribution < 1.29 is 13.2 Å². The van der Waals surface area contributed by atoms with Gasteiger partial charge in [-0.25, -0.2) is 18.4 Å². The van der Waals surface area contributed by atoms with E-state index in [4.69, 9.17) is 0 Å². The van der Waals surface area contributed by atoms with Gasteiger partial charge in [-0.3, -0.25) is 4.79 Å². The van der Waals surface area contributed by atoms with E-state index in [0.717, 1.165) is 35.4 Å². The molecule has 11 heteroatoms. The van der Waals surface area contributed by atoms with Gasteiger partial charge in [0.2, 0.25) is 5.91 Å². The van der Waals surface area contributed by atoms with Gasteiger partial charge in [0.15, 0.2) is 0 Å². The fourth-order valence-corrected chi connectivity index (χ4v) is 6.77. The first-order valence-electron chi connectivity index (χ1n) is 10.5. The standard InChI is InChI=1S/C20H28N6O3S2/c1-15-22-18(24-7-3-4-8-24)13-19(23-15)25-9-11-26(12-10-25)31(28,29)20-6-5-17(30-20)14-21-16(2)27/h5-6,13H,3-4,7-12,14H2,1-2H3,(H,21,27). The summed E-state index contributed by atoms with van der Waals surface area (Å²) in [5.74, 6) is 2.42. The van der Waals surface area contributed by atoms with E-state index in [1.165, 1.54) is 35.4 Å². The topological polar surface area (TPSA) is 98.7 Å². The van der Waals surface area contributed by atoms with Crippen LogP contribution < -0.4 is 15.1 Å². The van der Waals surface area contributed by atoms with E-state index in [9.17, 15) is 13.2 Å². The Balaban J connectivity index is 1.42. The third kappa shape index (κ3) is 4.99. The smallest absolute Gasteiger partial charge is 0.252 e. The average molecular weight is 465 g/mol. The van der Waals surface area contributed by atoms with E-state index >= 15 is 0 Å². The van der Waals surface area contributed by atoms with Crippen molar-refractivity contribution in [2.24, 2.45) is 0 Å². The number of hydrogen-bond acceptors (Lipinski definition) is 8. The monoisotopic (exact) mass is 464 g/mol. The molecule has 1 amide bonds. The quantitative estimate of drug-likeness (QED) is 0.693. The number of aryl methyl sites for hydroxylation is 1. The molecule has 2 aliphatic heterocycles. The number of thiophene rings is 1. The highest BCUT2D eigenvalue weighted by atomic mass is 32.2. The molecule has 0 radical (unpaired) electrons. The van der Waals surface area contributed by atoms with Crippen molar-refractivity contribution in [2.75, 3.05) is 49.1 Å². The van der Waals surface area contributed by atoms with Crippen molar-refractivity contribution in [2.45, 2.75) is 37.4 Å². The summed E-state index contributed by atoms with van der Waals surface area (Å²) in [5, 5.41) is 2.70. The molecule has 0 aromatic carbocycles. The lowest BCUT2D eigenvalue weighted by Gasteiger charge is -2.34. The Bertz CT molecular complexity index is 1040. The summed E-state index contributed by atoms with van der Waals surface area (Å²) in [6, 6.07) is 5.41. The molecule has 31 heavy (non-hydrogen) atoms. The Labute approximate surface area is 187 Å². The first-order chi connectivity index (χ1) is 14.8. The van der Waals surface area contributed by atoms with Gasteiger partial charge < -0.3 is 15.1 Å². The predicted octanol–water partition coefficient (Wildman–Crippen LogP) is 1.59. The van der Waals surface area contributed by atoms with Gasteiger partial charge in [-0.15, -0.1) is 11.3 Å². The molecular formula is C20H28N6O3S2. The summed E-state index contributed by atoms with van der Waals surface area (Å²) in [6.07, 6.45) is 2.37. The highest BCUT2D eigenvalue weighted by Crippen LogP contribution is 2.27. The third-order valence-corrected chi connectivity index (χ3v) is 9.00. The molecule has 2 saturated heterocycles. The number of sulfonamides is 1. The minimum atomic E-state index is -3.54. The second-order valence-electron chi connectivity index (χ2n) is 7.85. The first-order valence-corrected chi connectivity index (χ1v) is 12.8. The normalized spacial score (nSPS) is 17.9. The van der Waals surface area contributed by atoms with Crippen molar-refractivity contribution in [3.05, 3.63) is 28.9 Å². The first kappa shape index (κ1) is 22.0. The lowest BCUT2D eigenvalue weighted by molar-refractivity contribution is -0.119. The van der Waals surface area contributed by atoms with Crippen LogP contribution in [-0.4, -0.2) is 67.9 Å². The van der Waals surface area contributed by atoms with Gasteiger partial charge in [0.05, 0.1) is 6.54 Å². The SMILES string of the molecule is CC(=O)NCc1ccc(S(=O)(=O)N2CCN(c3cc(N4CCCC4)nc(C)n3)CC2)s1. The van der Waals surface area contributed by atoms with E-state index in [0.29, 0.717) is 36.9 Å². The molecule has 4 rings (SSSR count). The lowest BCUT2D eigenvalue weighted by Crippen LogP contribution is -2.48. The number of nitrogens with one attached hydrogen (secondary N) is 1. The van der Waals surface area contributed by atoms with Crippen LogP contribution in [0.25, 0.3) is 0 Å². The fraction of sp³-hybridized carbons (Fsp3) is 0.550. The molecule has 168 valence electrons. The highest BCUT2D eigenvalue weighted by molar-refractivity contribution is 7.91. The van der Waals surface area contributed by atoms with Crippen LogP contribution in [0.4, 0.5) is 11.6 Å². The molecule has 2 aromatic rings. The minimum Gasteiger partial charge on any atom is -0.356 e. The predicted molar refractivity (Wildman–Crippen MR) is 121 cm³/mol. The summed E-state index contributed by atoms with van der Waals surface area (Å²) >= 11 is 1.21. The van der Waals surface area contributed by atoms with E-state index in [1.54, 1.807) is 12.1 Å². The Hall–Kier alpha value is -2.24. The number of rotatable bonds is 6. The molecule has 2 fully saturated rings. The van der Waals surface area contributed by atoms with E-state index < -0.39 is 10.0 Å². The molecule has 0 spiro atoms. The second-order valence-corrected chi connectivity index (χ2v) is 11.2. The maximum Gasteiger partial charge on any atom is 0.252 e. The van der Waals surface area contributed by atoms with Crippen molar-refractivity contribution in [1.29, 1.82) is 0 Å². The van der Waals surface area contributed by atoms with Crippen LogP contribution in [0.1, 0.15) is 30.5 Å². The van der Waals surface area contributed by atoms with Crippen LogP contribution in [0.15, 0.2) is 22.4 Å². The summed E-state index contributed by atoms with van der Waals surface area (Å²) in [4.78, 5) is 25.5. The molecule has 0 saturated carbocycles. The number of amides is 1. The Morgan fingerprint density at radius 2 is 1.65 bits per heavy atom. The number of carbonyl (C=O) groups is 1. The number of hydrogen-bond donors (Lipinski definition) is 1. The van der Waals surface area contributed by atoms with Crippen LogP contribution in [0.5, 0.6) is 0 Å². The molecule has 0 bridgehead atoms. The summed E-state index contributed by atoms with van der Waals surface area (Å²) in [5.41, 5.74) is 0. The molecule has 0 atom stereocenters. The Kier molecular flexibility index (Phi) is 6.44. The van der Waals surface area contributed by atoms with Crippen molar-refractivity contribution in [3.63, 3.8) is 0 Å². The zero-order chi connectivity index (χ0) is 22.0. The van der Waals surface area contributed by atoms with Gasteiger partial charge in [-0.1, -0.05) is 0 Å². The van der Waals surface area contributed by atoms with Gasteiger partial charge >= 0.3 is 0 Å². The molecule has 2 aromatic heterocycles. The van der Waals surface area contributed by atoms with Gasteiger partial charge in [-0.2, -0.15) is 4.31 Å². The van der Waals surface area contributed by atoms with Crippen LogP contribution in [-0.2, 0) is 21.4 Å². The summed E-state index contributed by atoms with van der Waals surface area (Å²) < 4.78 is 28.0. The summed E-state index contributed by atoms with van der Waals surface area (Å²) in [6.45, 7) is 7.71. The Morgan fingerprint density at radius 1 is 1.03 bits per heavy atom. The van der Waals surface area contributed by atoms with E-state index in [-0.39, 0.29) is 5.91 Å². The van der Waals surface area contributed by atoms with Crippen LogP contribution >= 0.6 is 11.3 Å². The summed E-state index contributed by atoms with van der Waals surface area (Å²) in [7, 11) is -3.54. The largest absolute Gasteiger partial charge is 0.356 e. The number of nitrogens with zero attached hydrogens (tertiary/aromatic N) is 5. The maximum absolute atomic E-state index is 13.1. The minimum absolute atomic E-state index is 0.137. The third-order valence-electron chi connectivity index (χ3n) is 5.55. The van der Waals surface area contributed by atoms with Crippen LogP contribution in [0.2, 0.25) is 0 Å². The van der Waals surface area contributed by atoms with Crippen molar-refractivity contribution in [3.8, 4) is 0 Å². The van der Waals surface area contributed by atoms with Gasteiger partial charge in [0.25, 0.3) is 10.0 Å². The van der Waals surface area contributed by atoms with E-state index in [2.05, 4.69) is 25.1 Å². The molecule has 0 aliphatic carbocycles. The molecule has 1 N–H and O–H groups in total. The number of piperazine rings is 1. The maximum atomic E-state index is 13.1. The van der Waals surface area contributed by atoms with Crippen LogP contribution in [0, 0.1) is 6.92 Å². The average Bonchev–Trinajstić information content (AvgIpc) is 3.44. The second kappa shape index (κ2) is 9.09. The molecule has 2 aliphatic rings. The zero-order valence-corrected chi connectivity index (χ0v) is 19.5. The van der Waals surface area contributed by atoms with Gasteiger partial charge in [0.1, 0.15) is 21.7 Å². The van der Waals surface area contributed by atoms with Crippen molar-refractivity contribution >= 4 is 38.9 Å². The molecule has 0 unspecified atom stereocenters.